The molecular formula is C13H6FN5O. The van der Waals surface area contributed by atoms with Crippen molar-refractivity contribution >= 4 is 11.1 Å². The highest BCUT2D eigenvalue weighted by molar-refractivity contribution is 5.72. The quantitative estimate of drug-likeness (QED) is 0.707. The molecule has 0 unspecified atom stereocenters. The maximum Gasteiger partial charge on any atom is 0.215 e. The number of nitrogens with zero attached hydrogens (tertiary/aromatic N) is 5. The summed E-state index contributed by atoms with van der Waals surface area (Å²) in [5.41, 5.74) is 1.05. The number of rotatable bonds is 2. The first kappa shape index (κ1) is 11.9. The fourth-order valence-electron chi connectivity index (χ4n) is 1.86. The maximum atomic E-state index is 13.1. The largest absolute Gasteiger partial charge is 0.439 e. The zero-order valence-electron chi connectivity index (χ0n) is 10.0. The van der Waals surface area contributed by atoms with E-state index in [4.69, 9.17) is 14.9 Å². The van der Waals surface area contributed by atoms with E-state index in [1.54, 1.807) is 0 Å². The number of nitriles is 2. The van der Waals surface area contributed by atoms with Crippen LogP contribution < -0.4 is 0 Å². The summed E-state index contributed by atoms with van der Waals surface area (Å²) in [7, 11) is 0. The molecule has 0 fully saturated rings. The molecular weight excluding hydrogens is 261 g/mol. The van der Waals surface area contributed by atoms with Gasteiger partial charge in [0.05, 0.1) is 6.33 Å². The summed E-state index contributed by atoms with van der Waals surface area (Å²) in [6.45, 7) is 0.147. The average molecular weight is 267 g/mol. The number of benzene rings is 1. The SMILES string of the molecule is N#Cc1ncn(Cc2nc3cc(F)ccc3o2)c1C#N. The maximum absolute atomic E-state index is 13.1. The Morgan fingerprint density at radius 2 is 2.15 bits per heavy atom. The lowest BCUT2D eigenvalue weighted by atomic mass is 10.3. The third-order valence-electron chi connectivity index (χ3n) is 2.75. The first-order chi connectivity index (χ1) is 9.71. The van der Waals surface area contributed by atoms with Gasteiger partial charge in [-0.3, -0.25) is 0 Å². The van der Waals surface area contributed by atoms with Crippen molar-refractivity contribution in [3.8, 4) is 12.1 Å². The topological polar surface area (TPSA) is 91.4 Å². The summed E-state index contributed by atoms with van der Waals surface area (Å²) in [5.74, 6) is -0.0894. The first-order valence-electron chi connectivity index (χ1n) is 5.61. The number of hydrogen-bond donors (Lipinski definition) is 0. The number of halogens is 1. The molecule has 0 saturated carbocycles. The van der Waals surface area contributed by atoms with Gasteiger partial charge in [-0.25, -0.2) is 14.4 Å². The summed E-state index contributed by atoms with van der Waals surface area (Å²) in [5, 5.41) is 17.8. The zero-order chi connectivity index (χ0) is 14.1. The van der Waals surface area contributed by atoms with Crippen LogP contribution in [0.25, 0.3) is 11.1 Å². The number of hydrogen-bond acceptors (Lipinski definition) is 5. The molecule has 6 nitrogen and oxygen atoms in total. The van der Waals surface area contributed by atoms with E-state index in [-0.39, 0.29) is 17.9 Å². The van der Waals surface area contributed by atoms with Gasteiger partial charge in [0.2, 0.25) is 5.89 Å². The second-order valence-corrected chi connectivity index (χ2v) is 4.01. The van der Waals surface area contributed by atoms with Crippen molar-refractivity contribution in [3.63, 3.8) is 0 Å². The van der Waals surface area contributed by atoms with Crippen LogP contribution in [0.15, 0.2) is 28.9 Å². The summed E-state index contributed by atoms with van der Waals surface area (Å²) in [6.07, 6.45) is 1.37. The molecule has 0 saturated heterocycles. The van der Waals surface area contributed by atoms with Crippen molar-refractivity contribution in [2.75, 3.05) is 0 Å². The van der Waals surface area contributed by atoms with Crippen molar-refractivity contribution in [1.29, 1.82) is 10.5 Å². The molecule has 0 N–H and O–H groups in total. The molecule has 0 atom stereocenters. The Morgan fingerprint density at radius 3 is 2.90 bits per heavy atom. The van der Waals surface area contributed by atoms with E-state index in [0.29, 0.717) is 17.0 Å². The second-order valence-electron chi connectivity index (χ2n) is 4.01. The Labute approximate surface area is 112 Å². The third kappa shape index (κ3) is 1.88. The van der Waals surface area contributed by atoms with E-state index in [9.17, 15) is 4.39 Å². The third-order valence-corrected chi connectivity index (χ3v) is 2.75. The lowest BCUT2D eigenvalue weighted by molar-refractivity contribution is 0.507. The van der Waals surface area contributed by atoms with Gasteiger partial charge in [0.15, 0.2) is 17.0 Å². The summed E-state index contributed by atoms with van der Waals surface area (Å²) in [6, 6.07) is 7.77. The Balaban J connectivity index is 2.00. The van der Waals surface area contributed by atoms with Crippen LogP contribution in [0.3, 0.4) is 0 Å². The van der Waals surface area contributed by atoms with E-state index >= 15 is 0 Å². The smallest absolute Gasteiger partial charge is 0.215 e. The van der Waals surface area contributed by atoms with E-state index in [2.05, 4.69) is 9.97 Å². The van der Waals surface area contributed by atoms with Crippen molar-refractivity contribution in [2.24, 2.45) is 0 Å². The lowest BCUT2D eigenvalue weighted by Crippen LogP contribution is -2.01. The van der Waals surface area contributed by atoms with Gasteiger partial charge in [-0.05, 0) is 12.1 Å². The van der Waals surface area contributed by atoms with E-state index in [1.807, 2.05) is 12.1 Å². The molecule has 96 valence electrons. The molecule has 0 bridgehead atoms. The number of aromatic nitrogens is 3. The molecule has 0 aliphatic carbocycles. The van der Waals surface area contributed by atoms with Gasteiger partial charge in [0.1, 0.15) is 30.0 Å². The van der Waals surface area contributed by atoms with Gasteiger partial charge in [0.25, 0.3) is 0 Å². The highest BCUT2D eigenvalue weighted by Gasteiger charge is 2.13. The molecule has 0 aliphatic heterocycles. The average Bonchev–Trinajstić information content (AvgIpc) is 3.01. The number of imidazole rings is 1. The van der Waals surface area contributed by atoms with Gasteiger partial charge < -0.3 is 8.98 Å². The summed E-state index contributed by atoms with van der Waals surface area (Å²) in [4.78, 5) is 7.95. The molecule has 20 heavy (non-hydrogen) atoms. The minimum absolute atomic E-state index is 0.0506. The number of fused-ring (bicyclic) bond motifs is 1. The van der Waals surface area contributed by atoms with Gasteiger partial charge in [-0.15, -0.1) is 0 Å². The Kier molecular flexibility index (Phi) is 2.66. The molecule has 2 heterocycles. The second kappa shape index (κ2) is 4.48. The Morgan fingerprint density at radius 1 is 1.30 bits per heavy atom. The van der Waals surface area contributed by atoms with Crippen molar-refractivity contribution in [3.05, 3.63) is 47.6 Å². The predicted molar refractivity (Wildman–Crippen MR) is 64.7 cm³/mol. The Hall–Kier alpha value is -3.19. The van der Waals surface area contributed by atoms with E-state index in [0.717, 1.165) is 0 Å². The van der Waals surface area contributed by atoms with E-state index in [1.165, 1.54) is 29.1 Å². The molecule has 1 aromatic carbocycles. The molecule has 0 spiro atoms. The standard InChI is InChI=1S/C13H6FN5O/c14-8-1-2-12-9(3-8)18-13(20-12)6-19-7-17-10(4-15)11(19)5-16/h1-3,7H,6H2. The van der Waals surface area contributed by atoms with Crippen LogP contribution >= 0.6 is 0 Å². The van der Waals surface area contributed by atoms with Crippen LogP contribution in [0.5, 0.6) is 0 Å². The lowest BCUT2D eigenvalue weighted by Gasteiger charge is -1.98. The minimum Gasteiger partial charge on any atom is -0.439 e. The van der Waals surface area contributed by atoms with Gasteiger partial charge >= 0.3 is 0 Å². The van der Waals surface area contributed by atoms with Crippen LogP contribution in [-0.2, 0) is 6.54 Å². The monoisotopic (exact) mass is 267 g/mol. The Bertz CT molecular complexity index is 880. The van der Waals surface area contributed by atoms with Crippen LogP contribution in [0, 0.1) is 28.5 Å². The number of oxazole rings is 1. The van der Waals surface area contributed by atoms with Crippen LogP contribution in [0.2, 0.25) is 0 Å². The fourth-order valence-corrected chi connectivity index (χ4v) is 1.86. The molecule has 7 heteroatoms. The zero-order valence-corrected chi connectivity index (χ0v) is 10.0. The molecule has 3 aromatic rings. The van der Waals surface area contributed by atoms with E-state index < -0.39 is 5.82 Å². The van der Waals surface area contributed by atoms with Crippen LogP contribution in [0.4, 0.5) is 4.39 Å². The van der Waals surface area contributed by atoms with Crippen LogP contribution in [-0.4, -0.2) is 14.5 Å². The molecule has 0 amide bonds. The van der Waals surface area contributed by atoms with Gasteiger partial charge in [-0.1, -0.05) is 0 Å². The molecule has 3 rings (SSSR count). The highest BCUT2D eigenvalue weighted by Crippen LogP contribution is 2.18. The summed E-state index contributed by atoms with van der Waals surface area (Å²) >= 11 is 0. The van der Waals surface area contributed by atoms with Crippen molar-refractivity contribution < 1.29 is 8.81 Å². The predicted octanol–water partition coefficient (Wildman–Crippen LogP) is 1.96. The highest BCUT2D eigenvalue weighted by atomic mass is 19.1. The molecule has 0 aliphatic rings. The normalized spacial score (nSPS) is 10.3. The summed E-state index contributed by atoms with van der Waals surface area (Å²) < 4.78 is 20.0. The van der Waals surface area contributed by atoms with Crippen LogP contribution in [0.1, 0.15) is 17.3 Å². The first-order valence-corrected chi connectivity index (χ1v) is 5.61. The van der Waals surface area contributed by atoms with Crippen molar-refractivity contribution in [1.82, 2.24) is 14.5 Å². The van der Waals surface area contributed by atoms with Gasteiger partial charge in [-0.2, -0.15) is 10.5 Å². The molecule has 2 aromatic heterocycles. The minimum atomic E-state index is -0.399. The van der Waals surface area contributed by atoms with Crippen molar-refractivity contribution in [2.45, 2.75) is 6.54 Å². The van der Waals surface area contributed by atoms with Gasteiger partial charge in [0, 0.05) is 6.07 Å². The fraction of sp³-hybridized carbons (Fsp3) is 0.0769. The molecule has 0 radical (unpaired) electrons.